The SMILES string of the molecule is CC(=O)N(c1ccc(NC(=O)c2cccc(Nc3ncccn3)c2)cc1)C1CC1. The highest BCUT2D eigenvalue weighted by Gasteiger charge is 2.31. The number of hydrogen-bond donors (Lipinski definition) is 2. The molecule has 2 amide bonds. The molecular formula is C22H21N5O2. The van der Waals surface area contributed by atoms with Crippen LogP contribution in [0.25, 0.3) is 0 Å². The first-order valence-corrected chi connectivity index (χ1v) is 9.45. The number of carbonyl (C=O) groups excluding carboxylic acids is 2. The van der Waals surface area contributed by atoms with E-state index < -0.39 is 0 Å². The zero-order chi connectivity index (χ0) is 20.2. The second-order valence-corrected chi connectivity index (χ2v) is 6.90. The molecule has 1 heterocycles. The number of carbonyl (C=O) groups is 2. The normalized spacial score (nSPS) is 12.9. The molecule has 2 N–H and O–H groups in total. The Kier molecular flexibility index (Phi) is 5.20. The summed E-state index contributed by atoms with van der Waals surface area (Å²) >= 11 is 0. The van der Waals surface area contributed by atoms with Gasteiger partial charge in [-0.25, -0.2) is 9.97 Å². The van der Waals surface area contributed by atoms with Crippen molar-refractivity contribution >= 4 is 34.8 Å². The van der Waals surface area contributed by atoms with E-state index in [1.165, 1.54) is 0 Å². The van der Waals surface area contributed by atoms with Crippen LogP contribution in [0.5, 0.6) is 0 Å². The van der Waals surface area contributed by atoms with Crippen LogP contribution in [0.1, 0.15) is 30.1 Å². The number of hydrogen-bond acceptors (Lipinski definition) is 5. The van der Waals surface area contributed by atoms with Gasteiger partial charge in [-0.05, 0) is 61.4 Å². The monoisotopic (exact) mass is 387 g/mol. The summed E-state index contributed by atoms with van der Waals surface area (Å²) in [6.45, 7) is 1.58. The van der Waals surface area contributed by atoms with E-state index in [1.54, 1.807) is 43.6 Å². The molecule has 0 bridgehead atoms. The predicted octanol–water partition coefficient (Wildman–Crippen LogP) is 3.99. The first kappa shape index (κ1) is 18.6. The molecule has 2 aromatic carbocycles. The second kappa shape index (κ2) is 8.10. The lowest BCUT2D eigenvalue weighted by Gasteiger charge is -2.21. The summed E-state index contributed by atoms with van der Waals surface area (Å²) in [5, 5.41) is 5.96. The fraction of sp³-hybridized carbons (Fsp3) is 0.182. The number of benzene rings is 2. The minimum atomic E-state index is -0.221. The average Bonchev–Trinajstić information content (AvgIpc) is 3.55. The van der Waals surface area contributed by atoms with Crippen molar-refractivity contribution in [3.8, 4) is 0 Å². The largest absolute Gasteiger partial charge is 0.324 e. The lowest BCUT2D eigenvalue weighted by molar-refractivity contribution is -0.116. The molecule has 1 saturated carbocycles. The minimum absolute atomic E-state index is 0.0380. The molecule has 1 aromatic heterocycles. The summed E-state index contributed by atoms with van der Waals surface area (Å²) in [6.07, 6.45) is 5.37. The predicted molar refractivity (Wildman–Crippen MR) is 112 cm³/mol. The fourth-order valence-corrected chi connectivity index (χ4v) is 3.12. The van der Waals surface area contributed by atoms with Gasteiger partial charge >= 0.3 is 0 Å². The standard InChI is InChI=1S/C22H21N5O2/c1-15(28)27(20-10-11-20)19-8-6-17(7-9-19)25-21(29)16-4-2-5-18(14-16)26-22-23-12-3-13-24-22/h2-9,12-14,20H,10-11H2,1H3,(H,25,29)(H,23,24,26). The van der Waals surface area contributed by atoms with Gasteiger partial charge in [0.25, 0.3) is 5.91 Å². The fourth-order valence-electron chi connectivity index (χ4n) is 3.12. The van der Waals surface area contributed by atoms with Crippen molar-refractivity contribution < 1.29 is 9.59 Å². The van der Waals surface area contributed by atoms with Crippen LogP contribution in [-0.2, 0) is 4.79 Å². The Labute approximate surface area is 168 Å². The van der Waals surface area contributed by atoms with Crippen LogP contribution in [0.15, 0.2) is 67.0 Å². The van der Waals surface area contributed by atoms with Crippen LogP contribution in [-0.4, -0.2) is 27.8 Å². The molecule has 0 spiro atoms. The lowest BCUT2D eigenvalue weighted by Crippen LogP contribution is -2.30. The van der Waals surface area contributed by atoms with Gasteiger partial charge in [0.05, 0.1) is 0 Å². The van der Waals surface area contributed by atoms with Crippen molar-refractivity contribution in [2.24, 2.45) is 0 Å². The highest BCUT2D eigenvalue weighted by Crippen LogP contribution is 2.32. The van der Waals surface area contributed by atoms with Gasteiger partial charge in [0.15, 0.2) is 0 Å². The van der Waals surface area contributed by atoms with Gasteiger partial charge in [0.2, 0.25) is 11.9 Å². The molecule has 3 aromatic rings. The summed E-state index contributed by atoms with van der Waals surface area (Å²) in [4.78, 5) is 34.6. The molecule has 0 aliphatic heterocycles. The van der Waals surface area contributed by atoms with E-state index in [4.69, 9.17) is 0 Å². The van der Waals surface area contributed by atoms with E-state index in [2.05, 4.69) is 20.6 Å². The smallest absolute Gasteiger partial charge is 0.255 e. The molecule has 4 rings (SSSR count). The maximum atomic E-state index is 12.6. The molecule has 1 aliphatic carbocycles. The molecule has 146 valence electrons. The molecule has 1 aliphatic rings. The van der Waals surface area contributed by atoms with Crippen molar-refractivity contribution in [1.82, 2.24) is 9.97 Å². The van der Waals surface area contributed by atoms with E-state index in [0.29, 0.717) is 23.2 Å². The summed E-state index contributed by atoms with van der Waals surface area (Å²) < 4.78 is 0. The Morgan fingerprint density at radius 1 is 0.966 bits per heavy atom. The molecule has 7 heteroatoms. The van der Waals surface area contributed by atoms with Gasteiger partial charge in [0, 0.05) is 48.0 Å². The van der Waals surface area contributed by atoms with Crippen LogP contribution in [0, 0.1) is 0 Å². The molecule has 0 unspecified atom stereocenters. The summed E-state index contributed by atoms with van der Waals surface area (Å²) in [6, 6.07) is 16.5. The third-order valence-corrected chi connectivity index (χ3v) is 4.60. The summed E-state index contributed by atoms with van der Waals surface area (Å²) in [7, 11) is 0. The maximum absolute atomic E-state index is 12.6. The quantitative estimate of drug-likeness (QED) is 0.668. The van der Waals surface area contributed by atoms with E-state index in [1.807, 2.05) is 35.2 Å². The Morgan fingerprint density at radius 3 is 2.34 bits per heavy atom. The summed E-state index contributed by atoms with van der Waals surface area (Å²) in [5.41, 5.74) is 2.76. The Balaban J connectivity index is 1.44. The molecule has 0 saturated heterocycles. The Hall–Kier alpha value is -3.74. The first-order valence-electron chi connectivity index (χ1n) is 9.45. The number of amides is 2. The molecule has 0 radical (unpaired) electrons. The van der Waals surface area contributed by atoms with Crippen LogP contribution in [0.2, 0.25) is 0 Å². The van der Waals surface area contributed by atoms with Gasteiger partial charge < -0.3 is 15.5 Å². The van der Waals surface area contributed by atoms with Crippen molar-refractivity contribution in [1.29, 1.82) is 0 Å². The van der Waals surface area contributed by atoms with E-state index in [9.17, 15) is 9.59 Å². The van der Waals surface area contributed by atoms with E-state index >= 15 is 0 Å². The van der Waals surface area contributed by atoms with Crippen molar-refractivity contribution in [2.75, 3.05) is 15.5 Å². The highest BCUT2D eigenvalue weighted by atomic mass is 16.2. The zero-order valence-corrected chi connectivity index (χ0v) is 16.0. The van der Waals surface area contributed by atoms with Crippen molar-refractivity contribution in [3.63, 3.8) is 0 Å². The van der Waals surface area contributed by atoms with Gasteiger partial charge in [-0.2, -0.15) is 0 Å². The molecule has 29 heavy (non-hydrogen) atoms. The van der Waals surface area contributed by atoms with Crippen LogP contribution < -0.4 is 15.5 Å². The zero-order valence-electron chi connectivity index (χ0n) is 16.0. The first-order chi connectivity index (χ1) is 14.1. The lowest BCUT2D eigenvalue weighted by atomic mass is 10.1. The Morgan fingerprint density at radius 2 is 1.69 bits per heavy atom. The molecule has 1 fully saturated rings. The van der Waals surface area contributed by atoms with Crippen LogP contribution in [0.3, 0.4) is 0 Å². The van der Waals surface area contributed by atoms with E-state index in [0.717, 1.165) is 24.2 Å². The topological polar surface area (TPSA) is 87.2 Å². The number of aromatic nitrogens is 2. The maximum Gasteiger partial charge on any atom is 0.255 e. The van der Waals surface area contributed by atoms with Crippen molar-refractivity contribution in [2.45, 2.75) is 25.8 Å². The van der Waals surface area contributed by atoms with Crippen LogP contribution in [0.4, 0.5) is 23.0 Å². The highest BCUT2D eigenvalue weighted by molar-refractivity contribution is 6.05. The third-order valence-electron chi connectivity index (χ3n) is 4.60. The van der Waals surface area contributed by atoms with Gasteiger partial charge in [-0.15, -0.1) is 0 Å². The second-order valence-electron chi connectivity index (χ2n) is 6.90. The van der Waals surface area contributed by atoms with Gasteiger partial charge in [0.1, 0.15) is 0 Å². The number of anilines is 4. The van der Waals surface area contributed by atoms with Crippen LogP contribution >= 0.6 is 0 Å². The molecule has 0 atom stereocenters. The Bertz CT molecular complexity index is 1020. The average molecular weight is 387 g/mol. The third kappa shape index (κ3) is 4.57. The van der Waals surface area contributed by atoms with E-state index in [-0.39, 0.29) is 11.8 Å². The van der Waals surface area contributed by atoms with Gasteiger partial charge in [-0.3, -0.25) is 9.59 Å². The number of rotatable bonds is 6. The summed E-state index contributed by atoms with van der Waals surface area (Å²) in [5.74, 6) is 0.281. The minimum Gasteiger partial charge on any atom is -0.324 e. The number of nitrogens with zero attached hydrogens (tertiary/aromatic N) is 3. The molecule has 7 nitrogen and oxygen atoms in total. The number of nitrogens with one attached hydrogen (secondary N) is 2. The molecular weight excluding hydrogens is 366 g/mol. The van der Waals surface area contributed by atoms with Crippen molar-refractivity contribution in [3.05, 3.63) is 72.6 Å². The van der Waals surface area contributed by atoms with Gasteiger partial charge in [-0.1, -0.05) is 6.07 Å².